The van der Waals surface area contributed by atoms with Crippen LogP contribution in [0, 0.1) is 0 Å². The minimum Gasteiger partial charge on any atom is -0.462 e. The van der Waals surface area contributed by atoms with Crippen LogP contribution in [0.5, 0.6) is 0 Å². The van der Waals surface area contributed by atoms with Gasteiger partial charge in [-0.25, -0.2) is 9.59 Å². The third-order valence-corrected chi connectivity index (χ3v) is 3.84. The molecule has 0 saturated carbocycles. The standard InChI is InChI=1S/C20H30O5/c1-3-4-5-6-7-8-9-13-24-19(21)17-11-10-12-18(16-17)20(22)25-15-14-23-2/h10-12,16H,3-9,13-15H2,1-2H3. The highest BCUT2D eigenvalue weighted by molar-refractivity contribution is 5.95. The summed E-state index contributed by atoms with van der Waals surface area (Å²) >= 11 is 0. The molecule has 0 radical (unpaired) electrons. The minimum absolute atomic E-state index is 0.183. The molecule has 0 spiro atoms. The van der Waals surface area contributed by atoms with E-state index in [-0.39, 0.29) is 6.61 Å². The van der Waals surface area contributed by atoms with E-state index in [0.717, 1.165) is 12.8 Å². The number of unbranched alkanes of at least 4 members (excludes halogenated alkanes) is 6. The van der Waals surface area contributed by atoms with E-state index in [9.17, 15) is 9.59 Å². The highest BCUT2D eigenvalue weighted by Gasteiger charge is 2.12. The lowest BCUT2D eigenvalue weighted by molar-refractivity contribution is 0.0388. The van der Waals surface area contributed by atoms with Gasteiger partial charge in [-0.15, -0.1) is 0 Å². The molecule has 0 atom stereocenters. The number of ether oxygens (including phenoxy) is 3. The Morgan fingerprint density at radius 1 is 0.800 bits per heavy atom. The molecule has 5 heteroatoms. The first-order chi connectivity index (χ1) is 12.2. The minimum atomic E-state index is -0.473. The number of carbonyl (C=O) groups is 2. The van der Waals surface area contributed by atoms with Gasteiger partial charge in [-0.2, -0.15) is 0 Å². The first-order valence-electron chi connectivity index (χ1n) is 9.12. The molecule has 0 aliphatic heterocycles. The van der Waals surface area contributed by atoms with Crippen LogP contribution in [-0.4, -0.2) is 38.9 Å². The van der Waals surface area contributed by atoms with Crippen molar-refractivity contribution < 1.29 is 23.8 Å². The van der Waals surface area contributed by atoms with E-state index in [2.05, 4.69) is 6.92 Å². The van der Waals surface area contributed by atoms with E-state index < -0.39 is 11.9 Å². The van der Waals surface area contributed by atoms with E-state index in [4.69, 9.17) is 14.2 Å². The van der Waals surface area contributed by atoms with Crippen molar-refractivity contribution in [3.8, 4) is 0 Å². The Balaban J connectivity index is 2.31. The summed E-state index contributed by atoms with van der Waals surface area (Å²) in [5, 5.41) is 0. The summed E-state index contributed by atoms with van der Waals surface area (Å²) in [5.74, 6) is -0.878. The Labute approximate surface area is 150 Å². The molecule has 0 heterocycles. The third-order valence-electron chi connectivity index (χ3n) is 3.84. The van der Waals surface area contributed by atoms with Gasteiger partial charge >= 0.3 is 11.9 Å². The van der Waals surface area contributed by atoms with Crippen molar-refractivity contribution >= 4 is 11.9 Å². The van der Waals surface area contributed by atoms with Crippen LogP contribution in [0.3, 0.4) is 0 Å². The Hall–Kier alpha value is -1.88. The zero-order chi connectivity index (χ0) is 18.3. The Kier molecular flexibility index (Phi) is 11.4. The second kappa shape index (κ2) is 13.4. The molecule has 0 N–H and O–H groups in total. The van der Waals surface area contributed by atoms with Crippen molar-refractivity contribution in [2.45, 2.75) is 51.9 Å². The van der Waals surface area contributed by atoms with E-state index in [0.29, 0.717) is 24.3 Å². The normalized spacial score (nSPS) is 10.5. The molecule has 140 valence electrons. The largest absolute Gasteiger partial charge is 0.462 e. The van der Waals surface area contributed by atoms with Crippen molar-refractivity contribution in [3.63, 3.8) is 0 Å². The lowest BCUT2D eigenvalue weighted by Crippen LogP contribution is -2.12. The average Bonchev–Trinajstić information content (AvgIpc) is 2.64. The quantitative estimate of drug-likeness (QED) is 0.390. The van der Waals surface area contributed by atoms with E-state index in [1.165, 1.54) is 45.3 Å². The van der Waals surface area contributed by atoms with Crippen LogP contribution in [0.4, 0.5) is 0 Å². The highest BCUT2D eigenvalue weighted by atomic mass is 16.6. The van der Waals surface area contributed by atoms with Gasteiger partial charge in [0.05, 0.1) is 24.3 Å². The molecule has 1 aromatic carbocycles. The first kappa shape index (κ1) is 21.2. The molecule has 0 saturated heterocycles. The number of esters is 2. The number of benzene rings is 1. The maximum atomic E-state index is 12.1. The van der Waals surface area contributed by atoms with Crippen molar-refractivity contribution in [2.75, 3.05) is 26.9 Å². The molecule has 0 aliphatic carbocycles. The summed E-state index contributed by atoms with van der Waals surface area (Å²) in [6.45, 7) is 3.14. The van der Waals surface area contributed by atoms with Gasteiger partial charge < -0.3 is 14.2 Å². The highest BCUT2D eigenvalue weighted by Crippen LogP contribution is 2.10. The van der Waals surface area contributed by atoms with Gasteiger partial charge in [0, 0.05) is 7.11 Å². The molecule has 0 aliphatic rings. The SMILES string of the molecule is CCCCCCCCCOC(=O)c1cccc(C(=O)OCCOC)c1. The fourth-order valence-corrected chi connectivity index (χ4v) is 2.38. The molecule has 0 fully saturated rings. The van der Waals surface area contributed by atoms with E-state index >= 15 is 0 Å². The van der Waals surface area contributed by atoms with Crippen LogP contribution < -0.4 is 0 Å². The second-order valence-corrected chi connectivity index (χ2v) is 5.97. The summed E-state index contributed by atoms with van der Waals surface area (Å²) in [7, 11) is 1.54. The molecular weight excluding hydrogens is 320 g/mol. The van der Waals surface area contributed by atoms with Crippen LogP contribution in [0.1, 0.15) is 72.6 Å². The van der Waals surface area contributed by atoms with Crippen LogP contribution in [-0.2, 0) is 14.2 Å². The van der Waals surface area contributed by atoms with Crippen LogP contribution >= 0.6 is 0 Å². The first-order valence-corrected chi connectivity index (χ1v) is 9.12. The van der Waals surface area contributed by atoms with Crippen LogP contribution in [0.2, 0.25) is 0 Å². The van der Waals surface area contributed by atoms with Gasteiger partial charge in [0.1, 0.15) is 6.61 Å². The zero-order valence-corrected chi connectivity index (χ0v) is 15.4. The lowest BCUT2D eigenvalue weighted by atomic mass is 10.1. The summed E-state index contributed by atoms with van der Waals surface area (Å²) in [5.41, 5.74) is 0.700. The predicted molar refractivity (Wildman–Crippen MR) is 96.9 cm³/mol. The number of rotatable bonds is 13. The number of carbonyl (C=O) groups excluding carboxylic acids is 2. The average molecular weight is 350 g/mol. The number of hydrogen-bond acceptors (Lipinski definition) is 5. The van der Waals surface area contributed by atoms with Crippen molar-refractivity contribution in [2.24, 2.45) is 0 Å². The van der Waals surface area contributed by atoms with Gasteiger partial charge in [-0.05, 0) is 24.6 Å². The van der Waals surface area contributed by atoms with E-state index in [1.807, 2.05) is 0 Å². The van der Waals surface area contributed by atoms with Crippen LogP contribution in [0.15, 0.2) is 24.3 Å². The molecule has 0 amide bonds. The Bertz CT molecular complexity index is 513. The van der Waals surface area contributed by atoms with Crippen molar-refractivity contribution in [1.29, 1.82) is 0 Å². The smallest absolute Gasteiger partial charge is 0.338 e. The molecule has 0 bridgehead atoms. The third kappa shape index (κ3) is 9.25. The fourth-order valence-electron chi connectivity index (χ4n) is 2.38. The maximum absolute atomic E-state index is 12.1. The zero-order valence-electron chi connectivity index (χ0n) is 15.4. The van der Waals surface area contributed by atoms with E-state index in [1.54, 1.807) is 18.2 Å². The van der Waals surface area contributed by atoms with Gasteiger partial charge in [0.15, 0.2) is 0 Å². The topological polar surface area (TPSA) is 61.8 Å². The van der Waals surface area contributed by atoms with Gasteiger partial charge in [-0.1, -0.05) is 51.5 Å². The second-order valence-electron chi connectivity index (χ2n) is 5.97. The lowest BCUT2D eigenvalue weighted by Gasteiger charge is -2.07. The van der Waals surface area contributed by atoms with Crippen LogP contribution in [0.25, 0.3) is 0 Å². The summed E-state index contributed by atoms with van der Waals surface area (Å²) in [6, 6.07) is 6.40. The number of methoxy groups -OCH3 is 1. The van der Waals surface area contributed by atoms with Gasteiger partial charge in [0.25, 0.3) is 0 Å². The summed E-state index contributed by atoms with van der Waals surface area (Å²) < 4.78 is 15.1. The van der Waals surface area contributed by atoms with Gasteiger partial charge in [-0.3, -0.25) is 0 Å². The van der Waals surface area contributed by atoms with Gasteiger partial charge in [0.2, 0.25) is 0 Å². The maximum Gasteiger partial charge on any atom is 0.338 e. The monoisotopic (exact) mass is 350 g/mol. The molecule has 0 aromatic heterocycles. The Morgan fingerprint density at radius 3 is 1.96 bits per heavy atom. The number of hydrogen-bond donors (Lipinski definition) is 0. The molecular formula is C20H30O5. The predicted octanol–water partition coefficient (Wildman–Crippen LogP) is 4.40. The summed E-state index contributed by atoms with van der Waals surface area (Å²) in [6.07, 6.45) is 8.19. The molecule has 0 unspecified atom stereocenters. The summed E-state index contributed by atoms with van der Waals surface area (Å²) in [4.78, 5) is 23.9. The molecule has 1 aromatic rings. The Morgan fingerprint density at radius 2 is 1.36 bits per heavy atom. The molecule has 1 rings (SSSR count). The van der Waals surface area contributed by atoms with Crippen molar-refractivity contribution in [1.82, 2.24) is 0 Å². The molecule has 5 nitrogen and oxygen atoms in total. The fraction of sp³-hybridized carbons (Fsp3) is 0.600. The molecule has 25 heavy (non-hydrogen) atoms. The van der Waals surface area contributed by atoms with Crippen molar-refractivity contribution in [3.05, 3.63) is 35.4 Å².